The van der Waals surface area contributed by atoms with E-state index in [4.69, 9.17) is 14.2 Å². The minimum Gasteiger partial charge on any atom is -0.353 e. The van der Waals surface area contributed by atoms with Crippen molar-refractivity contribution < 1.29 is 19.0 Å². The Hall–Kier alpha value is -2.65. The number of nitrogens with zero attached hydrogens (tertiary/aromatic N) is 1. The highest BCUT2D eigenvalue weighted by Crippen LogP contribution is 2.45. The Morgan fingerprint density at radius 2 is 1.86 bits per heavy atom. The van der Waals surface area contributed by atoms with Crippen LogP contribution in [-0.4, -0.2) is 48.8 Å². The van der Waals surface area contributed by atoms with E-state index in [0.717, 1.165) is 11.1 Å². The number of β-lactam (4-membered cyclic amide) rings is 1. The zero-order valence-electron chi connectivity index (χ0n) is 15.4. The van der Waals surface area contributed by atoms with Gasteiger partial charge in [-0.3, -0.25) is 4.79 Å². The molecule has 3 heterocycles. The van der Waals surface area contributed by atoms with E-state index in [-0.39, 0.29) is 24.7 Å². The Labute approximate surface area is 164 Å². The van der Waals surface area contributed by atoms with E-state index in [1.165, 1.54) is 0 Å². The molecule has 0 aliphatic carbocycles. The lowest BCUT2D eigenvalue weighted by Gasteiger charge is -2.47. The largest absolute Gasteiger partial charge is 0.353 e. The van der Waals surface area contributed by atoms with Crippen LogP contribution in [0.4, 0.5) is 0 Å². The van der Waals surface area contributed by atoms with Crippen LogP contribution in [0.1, 0.15) is 17.5 Å². The van der Waals surface area contributed by atoms with Crippen molar-refractivity contribution in [3.05, 3.63) is 71.8 Å². The topological polar surface area (TPSA) is 48.0 Å². The first-order valence-corrected chi connectivity index (χ1v) is 9.60. The molecule has 3 aliphatic heterocycles. The monoisotopic (exact) mass is 375 g/mol. The highest BCUT2D eigenvalue weighted by molar-refractivity contribution is 5.88. The lowest BCUT2D eigenvalue weighted by molar-refractivity contribution is -0.187. The number of carbonyl (C=O) groups is 1. The third-order valence-electron chi connectivity index (χ3n) is 5.64. The van der Waals surface area contributed by atoms with Gasteiger partial charge in [0.2, 0.25) is 0 Å². The van der Waals surface area contributed by atoms with Crippen molar-refractivity contribution in [3.8, 4) is 11.8 Å². The molecule has 2 aromatic carbocycles. The molecule has 4 atom stereocenters. The third kappa shape index (κ3) is 2.91. The molecule has 3 saturated heterocycles. The first-order valence-electron chi connectivity index (χ1n) is 9.60. The Morgan fingerprint density at radius 1 is 1.11 bits per heavy atom. The van der Waals surface area contributed by atoms with E-state index in [1.54, 1.807) is 0 Å². The van der Waals surface area contributed by atoms with E-state index in [9.17, 15) is 4.79 Å². The van der Waals surface area contributed by atoms with Crippen molar-refractivity contribution in [3.63, 3.8) is 0 Å². The quantitative estimate of drug-likeness (QED) is 0.610. The minimum atomic E-state index is -0.763. The number of hydrogen-bond acceptors (Lipinski definition) is 4. The van der Waals surface area contributed by atoms with Gasteiger partial charge in [-0.15, -0.1) is 0 Å². The summed E-state index contributed by atoms with van der Waals surface area (Å²) >= 11 is 0. The molecule has 0 radical (unpaired) electrons. The average Bonchev–Trinajstić information content (AvgIpc) is 3.10. The van der Waals surface area contributed by atoms with E-state index in [2.05, 4.69) is 11.8 Å². The summed E-state index contributed by atoms with van der Waals surface area (Å²) in [5.41, 5.74) is 1.93. The molecule has 142 valence electrons. The maximum atomic E-state index is 12.6. The first kappa shape index (κ1) is 17.4. The van der Waals surface area contributed by atoms with Crippen molar-refractivity contribution in [2.45, 2.75) is 30.5 Å². The summed E-state index contributed by atoms with van der Waals surface area (Å²) in [5, 5.41) is 0. The second-order valence-electron chi connectivity index (χ2n) is 7.26. The Kier molecular flexibility index (Phi) is 4.40. The van der Waals surface area contributed by atoms with Gasteiger partial charge in [-0.2, -0.15) is 0 Å². The standard InChI is InChI=1S/C23H21NO4/c25-22-21(26-15-7-10-17-8-3-1-4-9-17)20-19-16-27-23(28-19,13-14-24(20)22)18-11-5-2-6-12-18/h1-6,8-9,11-12,19-21H,13-16H2/t19-,20+,21-,23+/m1/s1. The van der Waals surface area contributed by atoms with Crippen LogP contribution < -0.4 is 0 Å². The van der Waals surface area contributed by atoms with Gasteiger partial charge >= 0.3 is 0 Å². The summed E-state index contributed by atoms with van der Waals surface area (Å²) in [7, 11) is 0. The zero-order valence-corrected chi connectivity index (χ0v) is 15.4. The summed E-state index contributed by atoms with van der Waals surface area (Å²) in [6.07, 6.45) is -0.0770. The molecule has 0 N–H and O–H groups in total. The van der Waals surface area contributed by atoms with Gasteiger partial charge in [0.15, 0.2) is 11.9 Å². The number of rotatable bonds is 3. The van der Waals surface area contributed by atoms with Gasteiger partial charge in [0.25, 0.3) is 5.91 Å². The zero-order chi connectivity index (χ0) is 19.0. The van der Waals surface area contributed by atoms with Gasteiger partial charge in [0, 0.05) is 24.1 Å². The Balaban J connectivity index is 1.27. The fourth-order valence-electron chi connectivity index (χ4n) is 4.24. The fourth-order valence-corrected chi connectivity index (χ4v) is 4.24. The summed E-state index contributed by atoms with van der Waals surface area (Å²) in [6.45, 7) is 1.27. The van der Waals surface area contributed by atoms with Gasteiger partial charge in [-0.25, -0.2) is 0 Å². The van der Waals surface area contributed by atoms with E-state index < -0.39 is 11.9 Å². The van der Waals surface area contributed by atoms with Crippen molar-refractivity contribution in [1.82, 2.24) is 4.90 Å². The lowest BCUT2D eigenvalue weighted by Crippen LogP contribution is -2.69. The minimum absolute atomic E-state index is 0.0193. The van der Waals surface area contributed by atoms with Crippen LogP contribution in [0.5, 0.6) is 0 Å². The molecule has 3 aliphatic rings. The first-order chi connectivity index (χ1) is 13.8. The van der Waals surface area contributed by atoms with Crippen LogP contribution in [0.3, 0.4) is 0 Å². The van der Waals surface area contributed by atoms with Gasteiger partial charge in [0.1, 0.15) is 12.7 Å². The highest BCUT2D eigenvalue weighted by Gasteiger charge is 2.60. The van der Waals surface area contributed by atoms with Gasteiger partial charge in [0.05, 0.1) is 12.6 Å². The number of fused-ring (bicyclic) bond motifs is 4. The number of benzene rings is 2. The molecule has 5 heteroatoms. The summed E-state index contributed by atoms with van der Waals surface area (Å²) < 4.78 is 18.3. The summed E-state index contributed by atoms with van der Waals surface area (Å²) in [6, 6.07) is 19.6. The van der Waals surface area contributed by atoms with Crippen molar-refractivity contribution in [2.24, 2.45) is 0 Å². The van der Waals surface area contributed by atoms with Crippen LogP contribution in [0, 0.1) is 11.8 Å². The third-order valence-corrected chi connectivity index (χ3v) is 5.64. The average molecular weight is 375 g/mol. The van der Waals surface area contributed by atoms with E-state index >= 15 is 0 Å². The maximum absolute atomic E-state index is 12.6. The van der Waals surface area contributed by atoms with Crippen molar-refractivity contribution in [1.29, 1.82) is 0 Å². The molecule has 28 heavy (non-hydrogen) atoms. The molecule has 0 spiro atoms. The van der Waals surface area contributed by atoms with Crippen LogP contribution in [0.15, 0.2) is 60.7 Å². The number of hydrogen-bond donors (Lipinski definition) is 0. The molecule has 0 saturated carbocycles. The van der Waals surface area contributed by atoms with E-state index in [1.807, 2.05) is 65.6 Å². The summed E-state index contributed by atoms with van der Waals surface area (Å²) in [4.78, 5) is 14.5. The molecule has 5 nitrogen and oxygen atoms in total. The molecule has 0 aromatic heterocycles. The number of carbonyl (C=O) groups excluding carboxylic acids is 1. The highest BCUT2D eigenvalue weighted by atomic mass is 16.7. The summed E-state index contributed by atoms with van der Waals surface area (Å²) in [5.74, 6) is 5.30. The fraction of sp³-hybridized carbons (Fsp3) is 0.348. The van der Waals surface area contributed by atoms with Crippen LogP contribution in [0.2, 0.25) is 0 Å². The van der Waals surface area contributed by atoms with Crippen molar-refractivity contribution >= 4 is 5.91 Å². The van der Waals surface area contributed by atoms with Gasteiger partial charge in [-0.1, -0.05) is 60.4 Å². The van der Waals surface area contributed by atoms with Crippen LogP contribution >= 0.6 is 0 Å². The predicted octanol–water partition coefficient (Wildman–Crippen LogP) is 2.31. The second-order valence-corrected chi connectivity index (χ2v) is 7.26. The van der Waals surface area contributed by atoms with Crippen LogP contribution in [-0.2, 0) is 24.8 Å². The molecular formula is C23H21NO4. The molecule has 2 bridgehead atoms. The number of ether oxygens (including phenoxy) is 3. The molecule has 2 aromatic rings. The SMILES string of the molecule is O=C1[C@H](OCC#Cc2ccccc2)[C@@H]2[C@H]3CO[C@@](c4ccccc4)(CCN12)O3. The maximum Gasteiger partial charge on any atom is 0.254 e. The lowest BCUT2D eigenvalue weighted by atomic mass is 9.92. The second kappa shape index (κ2) is 7.06. The Bertz CT molecular complexity index is 920. The van der Waals surface area contributed by atoms with Gasteiger partial charge < -0.3 is 19.1 Å². The van der Waals surface area contributed by atoms with Gasteiger partial charge in [-0.05, 0) is 12.1 Å². The smallest absolute Gasteiger partial charge is 0.254 e. The number of amides is 1. The molecule has 5 rings (SSSR count). The predicted molar refractivity (Wildman–Crippen MR) is 102 cm³/mol. The Morgan fingerprint density at radius 3 is 2.64 bits per heavy atom. The molecule has 1 amide bonds. The van der Waals surface area contributed by atoms with E-state index in [0.29, 0.717) is 19.6 Å². The van der Waals surface area contributed by atoms with Crippen LogP contribution in [0.25, 0.3) is 0 Å². The molecule has 0 unspecified atom stereocenters. The normalized spacial score (nSPS) is 30.6. The molecular weight excluding hydrogens is 354 g/mol. The van der Waals surface area contributed by atoms with Crippen molar-refractivity contribution in [2.75, 3.05) is 19.8 Å². The molecule has 3 fully saturated rings.